The summed E-state index contributed by atoms with van der Waals surface area (Å²) in [5.74, 6) is 0.192. The summed E-state index contributed by atoms with van der Waals surface area (Å²) in [6.07, 6.45) is 5.78. The lowest BCUT2D eigenvalue weighted by Gasteiger charge is -2.03. The van der Waals surface area contributed by atoms with Gasteiger partial charge in [-0.3, -0.25) is 9.52 Å². The van der Waals surface area contributed by atoms with Gasteiger partial charge in [0, 0.05) is 18.0 Å². The van der Waals surface area contributed by atoms with Gasteiger partial charge in [-0.2, -0.15) is 0 Å². The van der Waals surface area contributed by atoms with E-state index in [2.05, 4.69) is 15.0 Å². The summed E-state index contributed by atoms with van der Waals surface area (Å²) in [6, 6.07) is 10.3. The Bertz CT molecular complexity index is 811. The summed E-state index contributed by atoms with van der Waals surface area (Å²) in [5.41, 5.74) is 2.26. The zero-order valence-corrected chi connectivity index (χ0v) is 13.6. The maximum Gasteiger partial charge on any atom is 0.249 e. The fourth-order valence-electron chi connectivity index (χ4n) is 1.76. The van der Waals surface area contributed by atoms with Crippen molar-refractivity contribution in [1.82, 2.24) is 4.98 Å². The van der Waals surface area contributed by atoms with Crippen molar-refractivity contribution in [3.8, 4) is 0 Å². The van der Waals surface area contributed by atoms with E-state index in [0.717, 1.165) is 17.4 Å². The average Bonchev–Trinajstić information content (AvgIpc) is 2.47. The van der Waals surface area contributed by atoms with E-state index in [0.29, 0.717) is 11.5 Å². The number of aryl methyl sites for hydroxylation is 1. The van der Waals surface area contributed by atoms with Gasteiger partial charge in [-0.1, -0.05) is 18.2 Å². The molecule has 2 rings (SSSR count). The molecule has 0 saturated heterocycles. The molecule has 0 saturated carbocycles. The van der Waals surface area contributed by atoms with Crippen LogP contribution in [0.4, 0.5) is 11.5 Å². The average molecular weight is 331 g/mol. The fourth-order valence-corrected chi connectivity index (χ4v) is 2.32. The summed E-state index contributed by atoms with van der Waals surface area (Å²) < 4.78 is 24.6. The molecule has 0 unspecified atom stereocenters. The Labute approximate surface area is 135 Å². The molecule has 7 heteroatoms. The van der Waals surface area contributed by atoms with Crippen molar-refractivity contribution < 1.29 is 13.2 Å². The van der Waals surface area contributed by atoms with Gasteiger partial charge in [0.1, 0.15) is 5.82 Å². The second-order valence-corrected chi connectivity index (χ2v) is 6.79. The zero-order chi connectivity index (χ0) is 16.9. The SMILES string of the molecule is Cc1ccc(NC(=O)/C=C/c2ccc(NS(C)(=O)=O)cc2)nc1. The number of sulfonamides is 1. The van der Waals surface area contributed by atoms with E-state index in [1.54, 1.807) is 42.6 Å². The Morgan fingerprint density at radius 3 is 2.39 bits per heavy atom. The molecule has 6 nitrogen and oxygen atoms in total. The molecule has 0 atom stereocenters. The Hall–Kier alpha value is -2.67. The van der Waals surface area contributed by atoms with Gasteiger partial charge in [0.25, 0.3) is 0 Å². The summed E-state index contributed by atoms with van der Waals surface area (Å²) in [6.45, 7) is 1.92. The first-order valence-corrected chi connectivity index (χ1v) is 8.70. The van der Waals surface area contributed by atoms with E-state index in [1.807, 2.05) is 13.0 Å². The fraction of sp³-hybridized carbons (Fsp3) is 0.125. The molecule has 0 radical (unpaired) electrons. The van der Waals surface area contributed by atoms with E-state index in [9.17, 15) is 13.2 Å². The van der Waals surface area contributed by atoms with Crippen LogP contribution in [0.15, 0.2) is 48.7 Å². The zero-order valence-electron chi connectivity index (χ0n) is 12.8. The van der Waals surface area contributed by atoms with Gasteiger partial charge in [0.2, 0.25) is 15.9 Å². The van der Waals surface area contributed by atoms with Crippen LogP contribution in [0.1, 0.15) is 11.1 Å². The molecule has 2 aromatic rings. The number of carbonyl (C=O) groups excluding carboxylic acids is 1. The predicted octanol–water partition coefficient (Wildman–Crippen LogP) is 2.41. The second-order valence-electron chi connectivity index (χ2n) is 5.04. The molecule has 1 aromatic carbocycles. The van der Waals surface area contributed by atoms with Crippen molar-refractivity contribution in [2.75, 3.05) is 16.3 Å². The van der Waals surface area contributed by atoms with E-state index < -0.39 is 10.0 Å². The maximum absolute atomic E-state index is 11.8. The summed E-state index contributed by atoms with van der Waals surface area (Å²) in [4.78, 5) is 15.9. The topological polar surface area (TPSA) is 88.2 Å². The Morgan fingerprint density at radius 2 is 1.83 bits per heavy atom. The van der Waals surface area contributed by atoms with Crippen LogP contribution < -0.4 is 10.0 Å². The van der Waals surface area contributed by atoms with Gasteiger partial charge in [0.15, 0.2) is 0 Å². The van der Waals surface area contributed by atoms with Crippen LogP contribution in [0, 0.1) is 6.92 Å². The highest BCUT2D eigenvalue weighted by atomic mass is 32.2. The minimum Gasteiger partial charge on any atom is -0.307 e. The number of hydrogen-bond donors (Lipinski definition) is 2. The molecule has 120 valence electrons. The van der Waals surface area contributed by atoms with Gasteiger partial charge < -0.3 is 5.32 Å². The van der Waals surface area contributed by atoms with Crippen molar-refractivity contribution >= 4 is 33.5 Å². The van der Waals surface area contributed by atoms with Crippen molar-refractivity contribution in [1.29, 1.82) is 0 Å². The smallest absolute Gasteiger partial charge is 0.249 e. The lowest BCUT2D eigenvalue weighted by atomic mass is 10.2. The number of pyridine rings is 1. The number of amides is 1. The van der Waals surface area contributed by atoms with Crippen molar-refractivity contribution in [3.05, 3.63) is 59.8 Å². The molecule has 0 aliphatic rings. The van der Waals surface area contributed by atoms with E-state index in [-0.39, 0.29) is 5.91 Å². The third-order valence-corrected chi connectivity index (χ3v) is 3.41. The van der Waals surface area contributed by atoms with Crippen LogP contribution in [0.5, 0.6) is 0 Å². The standard InChI is InChI=1S/C16H17N3O3S/c1-12-3-9-15(17-11-12)18-16(20)10-6-13-4-7-14(8-5-13)19-23(2,21)22/h3-11,19H,1-2H3,(H,17,18,20)/b10-6+. The third-order valence-electron chi connectivity index (χ3n) is 2.80. The minimum atomic E-state index is -3.29. The molecule has 1 heterocycles. The molecule has 0 spiro atoms. The third kappa shape index (κ3) is 5.91. The molecule has 0 aliphatic carbocycles. The first-order chi connectivity index (χ1) is 10.8. The van der Waals surface area contributed by atoms with Crippen molar-refractivity contribution in [2.24, 2.45) is 0 Å². The number of nitrogens with one attached hydrogen (secondary N) is 2. The van der Waals surface area contributed by atoms with Gasteiger partial charge >= 0.3 is 0 Å². The summed E-state index contributed by atoms with van der Waals surface area (Å²) in [7, 11) is -3.29. The van der Waals surface area contributed by atoms with Crippen LogP contribution in [0.25, 0.3) is 6.08 Å². The van der Waals surface area contributed by atoms with Gasteiger partial charge in [-0.15, -0.1) is 0 Å². The molecule has 0 bridgehead atoms. The minimum absolute atomic E-state index is 0.292. The predicted molar refractivity (Wildman–Crippen MR) is 91.5 cm³/mol. The van der Waals surface area contributed by atoms with E-state index in [4.69, 9.17) is 0 Å². The molecule has 1 amide bonds. The lowest BCUT2D eigenvalue weighted by Crippen LogP contribution is -2.09. The molecule has 2 N–H and O–H groups in total. The van der Waals surface area contributed by atoms with Crippen LogP contribution in [-0.2, 0) is 14.8 Å². The molecule has 23 heavy (non-hydrogen) atoms. The Balaban J connectivity index is 1.96. The lowest BCUT2D eigenvalue weighted by molar-refractivity contribution is -0.111. The molecule has 0 fully saturated rings. The number of hydrogen-bond acceptors (Lipinski definition) is 4. The Kier molecular flexibility index (Phi) is 5.13. The van der Waals surface area contributed by atoms with Gasteiger partial charge in [-0.05, 0) is 42.3 Å². The number of rotatable bonds is 5. The van der Waals surface area contributed by atoms with Gasteiger partial charge in [0.05, 0.1) is 6.26 Å². The van der Waals surface area contributed by atoms with Crippen LogP contribution in [0.2, 0.25) is 0 Å². The molecular weight excluding hydrogens is 314 g/mol. The number of benzene rings is 1. The van der Waals surface area contributed by atoms with E-state index >= 15 is 0 Å². The highest BCUT2D eigenvalue weighted by Crippen LogP contribution is 2.12. The second kappa shape index (κ2) is 7.06. The van der Waals surface area contributed by atoms with Crippen molar-refractivity contribution in [3.63, 3.8) is 0 Å². The maximum atomic E-state index is 11.8. The van der Waals surface area contributed by atoms with Crippen LogP contribution >= 0.6 is 0 Å². The summed E-state index contributed by atoms with van der Waals surface area (Å²) >= 11 is 0. The molecule has 1 aromatic heterocycles. The van der Waals surface area contributed by atoms with Crippen LogP contribution in [-0.4, -0.2) is 25.6 Å². The number of carbonyl (C=O) groups is 1. The first-order valence-electron chi connectivity index (χ1n) is 6.81. The number of anilines is 2. The number of aromatic nitrogens is 1. The van der Waals surface area contributed by atoms with Crippen LogP contribution in [0.3, 0.4) is 0 Å². The highest BCUT2D eigenvalue weighted by molar-refractivity contribution is 7.92. The molecular formula is C16H17N3O3S. The summed E-state index contributed by atoms with van der Waals surface area (Å²) in [5, 5.41) is 2.65. The van der Waals surface area contributed by atoms with Crippen molar-refractivity contribution in [2.45, 2.75) is 6.92 Å². The largest absolute Gasteiger partial charge is 0.307 e. The first kappa shape index (κ1) is 16.7. The quantitative estimate of drug-likeness (QED) is 0.824. The number of nitrogens with zero attached hydrogens (tertiary/aromatic N) is 1. The van der Waals surface area contributed by atoms with Gasteiger partial charge in [-0.25, -0.2) is 13.4 Å². The van der Waals surface area contributed by atoms with E-state index in [1.165, 1.54) is 6.08 Å². The normalized spacial score (nSPS) is 11.4. The monoisotopic (exact) mass is 331 g/mol. The highest BCUT2D eigenvalue weighted by Gasteiger charge is 2.01. The Morgan fingerprint density at radius 1 is 1.13 bits per heavy atom. The molecule has 0 aliphatic heterocycles.